The van der Waals surface area contributed by atoms with E-state index in [1.165, 1.54) is 0 Å². The van der Waals surface area contributed by atoms with Crippen LogP contribution in [0.3, 0.4) is 0 Å². The van der Waals surface area contributed by atoms with Crippen LogP contribution in [0.4, 0.5) is 0 Å². The number of nitrogens with zero attached hydrogens (tertiary/aromatic N) is 3. The highest BCUT2D eigenvalue weighted by molar-refractivity contribution is 5.80. The number of hydrogen-bond donors (Lipinski definition) is 1. The monoisotopic (exact) mass is 357 g/mol. The molecule has 1 aromatic heterocycles. The van der Waals surface area contributed by atoms with E-state index in [-0.39, 0.29) is 23.8 Å². The lowest BCUT2D eigenvalue weighted by molar-refractivity contribution is -0.143. The van der Waals surface area contributed by atoms with Crippen molar-refractivity contribution in [2.24, 2.45) is 0 Å². The predicted molar refractivity (Wildman–Crippen MR) is 96.0 cm³/mol. The Morgan fingerprint density at radius 2 is 1.96 bits per heavy atom. The molecule has 2 amide bonds. The first-order valence-corrected chi connectivity index (χ1v) is 9.69. The number of amides is 2. The standard InChI is InChI=1S/C20H27N3O3/c24-17-4-7-19(23(17)15-16-3-1-10-21-14-16)8-11-22(12-9-19)18(25)13-20(26)5-2-6-20/h1,3,10,14,26H,2,4-9,11-13,15H2. The molecule has 4 rings (SSSR count). The Kier molecular flexibility index (Phi) is 4.47. The SMILES string of the molecule is O=C(CC1(O)CCC1)N1CCC2(CCC(=O)N2Cc2cccnc2)CC1. The first-order chi connectivity index (χ1) is 12.5. The summed E-state index contributed by atoms with van der Waals surface area (Å²) in [4.78, 5) is 33.1. The molecule has 140 valence electrons. The topological polar surface area (TPSA) is 73.7 Å². The van der Waals surface area contributed by atoms with Gasteiger partial charge in [0.1, 0.15) is 0 Å². The highest BCUT2D eigenvalue weighted by Gasteiger charge is 2.48. The quantitative estimate of drug-likeness (QED) is 0.893. The van der Waals surface area contributed by atoms with Crippen LogP contribution >= 0.6 is 0 Å². The van der Waals surface area contributed by atoms with E-state index in [0.29, 0.717) is 26.1 Å². The van der Waals surface area contributed by atoms with Crippen molar-refractivity contribution in [1.82, 2.24) is 14.8 Å². The van der Waals surface area contributed by atoms with Crippen molar-refractivity contribution in [3.8, 4) is 0 Å². The van der Waals surface area contributed by atoms with Gasteiger partial charge in [-0.3, -0.25) is 14.6 Å². The Bertz CT molecular complexity index is 679. The van der Waals surface area contributed by atoms with Gasteiger partial charge in [-0.15, -0.1) is 0 Å². The Labute approximate surface area is 154 Å². The largest absolute Gasteiger partial charge is 0.389 e. The van der Waals surface area contributed by atoms with E-state index in [9.17, 15) is 14.7 Å². The van der Waals surface area contributed by atoms with Crippen LogP contribution in [0.1, 0.15) is 56.9 Å². The Hall–Kier alpha value is -1.95. The number of pyridine rings is 1. The van der Waals surface area contributed by atoms with Crippen molar-refractivity contribution >= 4 is 11.8 Å². The van der Waals surface area contributed by atoms with Crippen LogP contribution < -0.4 is 0 Å². The molecule has 1 saturated carbocycles. The lowest BCUT2D eigenvalue weighted by Crippen LogP contribution is -2.54. The van der Waals surface area contributed by atoms with Crippen LogP contribution in [-0.4, -0.2) is 55.9 Å². The summed E-state index contributed by atoms with van der Waals surface area (Å²) in [6, 6.07) is 3.90. The summed E-state index contributed by atoms with van der Waals surface area (Å²) in [5.74, 6) is 0.266. The lowest BCUT2D eigenvalue weighted by Gasteiger charge is -2.46. The van der Waals surface area contributed by atoms with E-state index in [2.05, 4.69) is 4.98 Å². The molecule has 1 spiro atoms. The summed E-state index contributed by atoms with van der Waals surface area (Å²) in [6.07, 6.45) is 9.41. The van der Waals surface area contributed by atoms with E-state index < -0.39 is 5.60 Å². The maximum atomic E-state index is 12.5. The third-order valence-electron chi connectivity index (χ3n) is 6.55. The van der Waals surface area contributed by atoms with Gasteiger partial charge in [0.25, 0.3) is 0 Å². The highest BCUT2D eigenvalue weighted by atomic mass is 16.3. The Morgan fingerprint density at radius 3 is 2.58 bits per heavy atom. The summed E-state index contributed by atoms with van der Waals surface area (Å²) >= 11 is 0. The van der Waals surface area contributed by atoms with Crippen LogP contribution in [0.25, 0.3) is 0 Å². The van der Waals surface area contributed by atoms with Gasteiger partial charge in [0.2, 0.25) is 11.8 Å². The zero-order valence-electron chi connectivity index (χ0n) is 15.2. The van der Waals surface area contributed by atoms with Gasteiger partial charge < -0.3 is 14.9 Å². The molecular formula is C20H27N3O3. The van der Waals surface area contributed by atoms with Gasteiger partial charge in [-0.1, -0.05) is 6.07 Å². The predicted octanol–water partition coefficient (Wildman–Crippen LogP) is 1.87. The van der Waals surface area contributed by atoms with Crippen molar-refractivity contribution in [1.29, 1.82) is 0 Å². The second-order valence-corrected chi connectivity index (χ2v) is 8.20. The van der Waals surface area contributed by atoms with Crippen molar-refractivity contribution < 1.29 is 14.7 Å². The smallest absolute Gasteiger partial charge is 0.225 e. The maximum Gasteiger partial charge on any atom is 0.225 e. The van der Waals surface area contributed by atoms with E-state index in [0.717, 1.165) is 44.1 Å². The summed E-state index contributed by atoms with van der Waals surface area (Å²) in [5, 5.41) is 10.3. The van der Waals surface area contributed by atoms with Gasteiger partial charge in [0.05, 0.1) is 12.0 Å². The molecule has 2 aliphatic heterocycles. The number of carbonyl (C=O) groups is 2. The molecule has 26 heavy (non-hydrogen) atoms. The van der Waals surface area contributed by atoms with Crippen LogP contribution in [0.15, 0.2) is 24.5 Å². The average Bonchev–Trinajstić information content (AvgIpc) is 2.91. The normalized spacial score (nSPS) is 24.0. The fraction of sp³-hybridized carbons (Fsp3) is 0.650. The van der Waals surface area contributed by atoms with Crippen LogP contribution in [0.5, 0.6) is 0 Å². The fourth-order valence-electron chi connectivity index (χ4n) is 4.65. The molecule has 1 aromatic rings. The van der Waals surface area contributed by atoms with Crippen LogP contribution in [0, 0.1) is 0 Å². The molecule has 0 radical (unpaired) electrons. The molecule has 6 nitrogen and oxygen atoms in total. The van der Waals surface area contributed by atoms with E-state index in [4.69, 9.17) is 0 Å². The second kappa shape index (κ2) is 6.65. The molecule has 3 fully saturated rings. The van der Waals surface area contributed by atoms with Crippen molar-refractivity contribution in [2.45, 2.75) is 69.1 Å². The number of piperidine rings is 1. The van der Waals surface area contributed by atoms with Crippen LogP contribution in [-0.2, 0) is 16.1 Å². The lowest BCUT2D eigenvalue weighted by atomic mass is 9.77. The van der Waals surface area contributed by atoms with Crippen molar-refractivity contribution in [3.05, 3.63) is 30.1 Å². The van der Waals surface area contributed by atoms with Crippen molar-refractivity contribution in [3.63, 3.8) is 0 Å². The zero-order valence-corrected chi connectivity index (χ0v) is 15.2. The molecule has 0 aromatic carbocycles. The number of aliphatic hydroxyl groups is 1. The van der Waals surface area contributed by atoms with E-state index in [1.54, 1.807) is 6.20 Å². The first-order valence-electron chi connectivity index (χ1n) is 9.69. The molecule has 6 heteroatoms. The Balaban J connectivity index is 1.40. The van der Waals surface area contributed by atoms with Gasteiger partial charge in [-0.2, -0.15) is 0 Å². The average molecular weight is 357 g/mol. The van der Waals surface area contributed by atoms with Gasteiger partial charge in [0, 0.05) is 44.0 Å². The molecule has 2 saturated heterocycles. The van der Waals surface area contributed by atoms with Gasteiger partial charge in [0.15, 0.2) is 0 Å². The fourth-order valence-corrected chi connectivity index (χ4v) is 4.65. The minimum atomic E-state index is -0.762. The summed E-state index contributed by atoms with van der Waals surface area (Å²) in [7, 11) is 0. The van der Waals surface area contributed by atoms with E-state index in [1.807, 2.05) is 28.1 Å². The summed E-state index contributed by atoms with van der Waals surface area (Å²) < 4.78 is 0. The third kappa shape index (κ3) is 3.22. The number of carbonyl (C=O) groups excluding carboxylic acids is 2. The molecule has 3 aliphatic rings. The Morgan fingerprint density at radius 1 is 1.19 bits per heavy atom. The second-order valence-electron chi connectivity index (χ2n) is 8.20. The van der Waals surface area contributed by atoms with Crippen LogP contribution in [0.2, 0.25) is 0 Å². The summed E-state index contributed by atoms with van der Waals surface area (Å²) in [6.45, 7) is 1.94. The van der Waals surface area contributed by atoms with Gasteiger partial charge in [-0.05, 0) is 50.2 Å². The number of rotatable bonds is 4. The minimum absolute atomic E-state index is 0.0604. The van der Waals surface area contributed by atoms with Crippen molar-refractivity contribution in [2.75, 3.05) is 13.1 Å². The molecule has 0 unspecified atom stereocenters. The maximum absolute atomic E-state index is 12.5. The molecule has 1 aliphatic carbocycles. The van der Waals surface area contributed by atoms with Gasteiger partial charge in [-0.25, -0.2) is 0 Å². The number of likely N-dealkylation sites (tertiary alicyclic amines) is 2. The third-order valence-corrected chi connectivity index (χ3v) is 6.55. The molecule has 3 heterocycles. The zero-order chi connectivity index (χ0) is 18.2. The molecule has 1 N–H and O–H groups in total. The number of hydrogen-bond acceptors (Lipinski definition) is 4. The minimum Gasteiger partial charge on any atom is -0.389 e. The number of aromatic nitrogens is 1. The summed E-state index contributed by atoms with van der Waals surface area (Å²) in [5.41, 5.74) is 0.159. The first kappa shape index (κ1) is 17.5. The molecule has 0 atom stereocenters. The van der Waals surface area contributed by atoms with E-state index >= 15 is 0 Å². The van der Waals surface area contributed by atoms with Gasteiger partial charge >= 0.3 is 0 Å². The molecular weight excluding hydrogens is 330 g/mol. The highest BCUT2D eigenvalue weighted by Crippen LogP contribution is 2.41. The molecule has 0 bridgehead atoms.